The van der Waals surface area contributed by atoms with E-state index < -0.39 is 0 Å². The normalized spacial score (nSPS) is 14.4. The Balaban J connectivity index is 1.07. The Morgan fingerprint density at radius 2 is 1.47 bits per heavy atom. The van der Waals surface area contributed by atoms with Gasteiger partial charge in [-0.3, -0.25) is 14.6 Å². The number of amides is 2. The van der Waals surface area contributed by atoms with Crippen molar-refractivity contribution in [3.8, 4) is 11.1 Å². The van der Waals surface area contributed by atoms with Crippen molar-refractivity contribution in [2.45, 2.75) is 13.1 Å². The first kappa shape index (κ1) is 29.0. The third-order valence-electron chi connectivity index (χ3n) is 9.36. The van der Waals surface area contributed by atoms with Gasteiger partial charge in [0.2, 0.25) is 0 Å². The molecule has 47 heavy (non-hydrogen) atoms. The Morgan fingerprint density at radius 1 is 0.702 bits per heavy atom. The van der Waals surface area contributed by atoms with Crippen LogP contribution in [0.15, 0.2) is 122 Å². The van der Waals surface area contributed by atoms with Gasteiger partial charge in [0.25, 0.3) is 11.8 Å². The summed E-state index contributed by atoms with van der Waals surface area (Å²) in [7, 11) is 0. The van der Waals surface area contributed by atoms with Crippen molar-refractivity contribution in [3.63, 3.8) is 0 Å². The van der Waals surface area contributed by atoms with Crippen molar-refractivity contribution in [1.82, 2.24) is 14.5 Å². The van der Waals surface area contributed by atoms with Crippen molar-refractivity contribution in [1.29, 1.82) is 0 Å². The van der Waals surface area contributed by atoms with Crippen LogP contribution in [0.1, 0.15) is 32.1 Å². The summed E-state index contributed by atoms with van der Waals surface area (Å²) in [4.78, 5) is 38.3. The quantitative estimate of drug-likeness (QED) is 0.201. The van der Waals surface area contributed by atoms with Crippen molar-refractivity contribution in [2.24, 2.45) is 0 Å². The number of hydrogen-bond acceptors (Lipinski definition) is 4. The van der Waals surface area contributed by atoms with Gasteiger partial charge in [-0.25, -0.2) is 0 Å². The van der Waals surface area contributed by atoms with Gasteiger partial charge in [0.15, 0.2) is 0 Å². The van der Waals surface area contributed by atoms with E-state index in [1.54, 1.807) is 17.3 Å². The highest BCUT2D eigenvalue weighted by Crippen LogP contribution is 2.35. The van der Waals surface area contributed by atoms with Gasteiger partial charge in [-0.05, 0) is 69.9 Å². The van der Waals surface area contributed by atoms with Gasteiger partial charge in [0.05, 0.1) is 23.7 Å². The summed E-state index contributed by atoms with van der Waals surface area (Å²) in [5.74, 6) is -0.170. The van der Waals surface area contributed by atoms with Crippen molar-refractivity contribution < 1.29 is 9.59 Å². The summed E-state index contributed by atoms with van der Waals surface area (Å²) in [5.41, 5.74) is 6.91. The highest BCUT2D eigenvalue weighted by molar-refractivity contribution is 6.35. The predicted molar refractivity (Wildman–Crippen MR) is 187 cm³/mol. The Kier molecular flexibility index (Phi) is 7.46. The van der Waals surface area contributed by atoms with Gasteiger partial charge in [0, 0.05) is 55.6 Å². The number of halogens is 1. The van der Waals surface area contributed by atoms with E-state index in [1.807, 2.05) is 89.8 Å². The molecule has 8 rings (SSSR count). The van der Waals surface area contributed by atoms with Gasteiger partial charge in [-0.2, -0.15) is 0 Å². The smallest absolute Gasteiger partial charge is 0.270 e. The lowest BCUT2D eigenvalue weighted by molar-refractivity contribution is 0.0736. The van der Waals surface area contributed by atoms with Crippen LogP contribution < -0.4 is 9.80 Å². The highest BCUT2D eigenvalue weighted by Gasteiger charge is 2.30. The fraction of sp³-hybridized carbons (Fsp3) is 0.154. The Labute approximate surface area is 278 Å². The second-order valence-electron chi connectivity index (χ2n) is 12.0. The van der Waals surface area contributed by atoms with Crippen LogP contribution in [0.5, 0.6) is 0 Å². The molecular formula is C39H32ClN5O2. The maximum absolute atomic E-state index is 14.3. The monoisotopic (exact) mass is 637 g/mol. The van der Waals surface area contributed by atoms with Crippen molar-refractivity contribution in [2.75, 3.05) is 36.0 Å². The maximum atomic E-state index is 14.3. The summed E-state index contributed by atoms with van der Waals surface area (Å²) in [5, 5.41) is 2.68. The summed E-state index contributed by atoms with van der Waals surface area (Å²) >= 11 is 6.88. The number of anilines is 2. The standard InChI is InChI=1S/C39H32ClN5O2/c40-35-24-28(33-10-5-8-27-6-1-3-9-32(27)33)12-14-34(35)38(46)45-26-31-13-15-37(44(31)25-29-7-2-4-11-36(29)45)39(47)43-22-20-42(21-23-43)30-16-18-41-19-17-30/h1-19,24H,20-23,25-26H2. The molecule has 0 radical (unpaired) electrons. The summed E-state index contributed by atoms with van der Waals surface area (Å²) in [6.45, 7) is 3.60. The van der Waals surface area contributed by atoms with Crippen molar-refractivity contribution >= 4 is 45.6 Å². The van der Waals surface area contributed by atoms with Gasteiger partial charge >= 0.3 is 0 Å². The number of carbonyl (C=O) groups excluding carboxylic acids is 2. The third kappa shape index (κ3) is 5.32. The largest absolute Gasteiger partial charge is 0.368 e. The second-order valence-corrected chi connectivity index (χ2v) is 12.4. The molecule has 232 valence electrons. The van der Waals surface area contributed by atoms with E-state index in [0.29, 0.717) is 42.5 Å². The molecule has 2 aliphatic heterocycles. The second kappa shape index (κ2) is 12.1. The zero-order valence-corrected chi connectivity index (χ0v) is 26.5. The number of piperazine rings is 1. The molecule has 0 N–H and O–H groups in total. The van der Waals surface area contributed by atoms with Crippen LogP contribution in [0.3, 0.4) is 0 Å². The SMILES string of the molecule is O=C(c1ccc2n1Cc1ccccc1N(C(=O)c1ccc(-c3cccc4ccccc34)cc1Cl)C2)N1CCN(c2ccncc2)CC1. The molecule has 7 nitrogen and oxygen atoms in total. The van der Waals surface area contributed by atoms with Gasteiger partial charge in [-0.15, -0.1) is 0 Å². The van der Waals surface area contributed by atoms with Crippen LogP contribution in [0.2, 0.25) is 5.02 Å². The molecular weight excluding hydrogens is 606 g/mol. The zero-order chi connectivity index (χ0) is 31.9. The van der Waals surface area contributed by atoms with E-state index >= 15 is 0 Å². The number of pyridine rings is 1. The number of carbonyl (C=O) groups is 2. The number of hydrogen-bond donors (Lipinski definition) is 0. The minimum absolute atomic E-state index is 0.00922. The lowest BCUT2D eigenvalue weighted by Gasteiger charge is -2.36. The minimum atomic E-state index is -0.179. The molecule has 0 spiro atoms. The van der Waals surface area contributed by atoms with E-state index in [2.05, 4.69) is 38.7 Å². The predicted octanol–water partition coefficient (Wildman–Crippen LogP) is 7.53. The number of rotatable bonds is 4. The Hall–Kier alpha value is -5.40. The molecule has 1 fully saturated rings. The first-order valence-electron chi connectivity index (χ1n) is 15.9. The summed E-state index contributed by atoms with van der Waals surface area (Å²) in [6, 6.07) is 35.9. The van der Waals surface area contributed by atoms with E-state index in [0.717, 1.165) is 57.6 Å². The number of aromatic nitrogens is 2. The topological polar surface area (TPSA) is 61.7 Å². The first-order chi connectivity index (χ1) is 23.0. The number of nitrogens with zero attached hydrogens (tertiary/aromatic N) is 5. The molecule has 2 aliphatic rings. The maximum Gasteiger partial charge on any atom is 0.270 e. The van der Waals surface area contributed by atoms with E-state index in [1.165, 1.54) is 0 Å². The summed E-state index contributed by atoms with van der Waals surface area (Å²) in [6.07, 6.45) is 3.59. The van der Waals surface area contributed by atoms with Crippen LogP contribution in [0, 0.1) is 0 Å². The van der Waals surface area contributed by atoms with Gasteiger partial charge in [-0.1, -0.05) is 78.3 Å². The average molecular weight is 638 g/mol. The molecule has 4 heterocycles. The van der Waals surface area contributed by atoms with E-state index in [9.17, 15) is 9.59 Å². The third-order valence-corrected chi connectivity index (χ3v) is 9.67. The molecule has 0 bridgehead atoms. The van der Waals surface area contributed by atoms with Gasteiger partial charge in [0.1, 0.15) is 5.69 Å². The lowest BCUT2D eigenvalue weighted by Crippen LogP contribution is -2.49. The minimum Gasteiger partial charge on any atom is -0.368 e. The molecule has 2 aromatic heterocycles. The molecule has 0 atom stereocenters. The van der Waals surface area contributed by atoms with Crippen molar-refractivity contribution in [3.05, 3.63) is 149 Å². The molecule has 2 amide bonds. The number of para-hydroxylation sites is 1. The molecule has 8 heteroatoms. The Morgan fingerprint density at radius 3 is 2.30 bits per heavy atom. The zero-order valence-electron chi connectivity index (χ0n) is 25.7. The van der Waals surface area contributed by atoms with Crippen LogP contribution in [0.4, 0.5) is 11.4 Å². The average Bonchev–Trinajstić information content (AvgIpc) is 3.44. The molecule has 1 saturated heterocycles. The first-order valence-corrected chi connectivity index (χ1v) is 16.2. The molecule has 0 aliphatic carbocycles. The summed E-state index contributed by atoms with van der Waals surface area (Å²) < 4.78 is 2.06. The molecule has 0 unspecified atom stereocenters. The molecule has 4 aromatic carbocycles. The lowest BCUT2D eigenvalue weighted by atomic mass is 9.97. The number of benzene rings is 4. The van der Waals surface area contributed by atoms with Crippen LogP contribution in [-0.2, 0) is 13.1 Å². The molecule has 0 saturated carbocycles. The number of fused-ring (bicyclic) bond motifs is 3. The van der Waals surface area contributed by atoms with E-state index in [4.69, 9.17) is 11.6 Å². The van der Waals surface area contributed by atoms with Gasteiger partial charge < -0.3 is 19.3 Å². The van der Waals surface area contributed by atoms with Crippen LogP contribution >= 0.6 is 11.6 Å². The van der Waals surface area contributed by atoms with Crippen LogP contribution in [0.25, 0.3) is 21.9 Å². The highest BCUT2D eigenvalue weighted by atomic mass is 35.5. The van der Waals surface area contributed by atoms with Crippen LogP contribution in [-0.4, -0.2) is 52.4 Å². The fourth-order valence-corrected chi connectivity index (χ4v) is 7.15. The fourth-order valence-electron chi connectivity index (χ4n) is 6.89. The van der Waals surface area contributed by atoms with E-state index in [-0.39, 0.29) is 11.8 Å². The molecule has 6 aromatic rings. The Bertz CT molecular complexity index is 2130.